The molecular formula is C20H22FIN2O2Si. The van der Waals surface area contributed by atoms with E-state index in [4.69, 9.17) is 9.47 Å². The second-order valence-corrected chi connectivity index (χ2v) is 14.3. The highest BCUT2D eigenvalue weighted by atomic mass is 127. The third-order valence-electron chi connectivity index (χ3n) is 4.11. The van der Waals surface area contributed by atoms with Crippen LogP contribution in [0.5, 0.6) is 5.88 Å². The average Bonchev–Trinajstić information content (AvgIpc) is 2.61. The van der Waals surface area contributed by atoms with Crippen LogP contribution in [0.15, 0.2) is 42.7 Å². The highest BCUT2D eigenvalue weighted by Gasteiger charge is 2.13. The van der Waals surface area contributed by atoms with Gasteiger partial charge < -0.3 is 9.47 Å². The lowest BCUT2D eigenvalue weighted by atomic mass is 10.0. The van der Waals surface area contributed by atoms with Crippen LogP contribution in [-0.4, -0.2) is 31.4 Å². The predicted molar refractivity (Wildman–Crippen MR) is 117 cm³/mol. The van der Waals surface area contributed by atoms with E-state index in [0.29, 0.717) is 12.5 Å². The van der Waals surface area contributed by atoms with Crippen LogP contribution in [0, 0.1) is 9.39 Å². The molecule has 142 valence electrons. The van der Waals surface area contributed by atoms with Crippen molar-refractivity contribution < 1.29 is 13.9 Å². The van der Waals surface area contributed by atoms with E-state index in [1.54, 1.807) is 12.1 Å². The van der Waals surface area contributed by atoms with E-state index in [0.717, 1.165) is 31.6 Å². The van der Waals surface area contributed by atoms with Crippen LogP contribution < -0.4 is 4.74 Å². The van der Waals surface area contributed by atoms with Crippen LogP contribution in [0.3, 0.4) is 0 Å². The van der Waals surface area contributed by atoms with E-state index in [1.807, 2.05) is 12.1 Å². The fraction of sp³-hybridized carbons (Fsp3) is 0.300. The quantitative estimate of drug-likeness (QED) is 0.181. The molecule has 2 aromatic carbocycles. The first-order valence-corrected chi connectivity index (χ1v) is 13.5. The summed E-state index contributed by atoms with van der Waals surface area (Å²) in [7, 11) is -1.12. The summed E-state index contributed by atoms with van der Waals surface area (Å²) in [5, 5.41) is 0.817. The standard InChI is InChI=1S/C20H22FIN2O2Si/c1-27(2,3)9-8-25-13-26-20-17-10-15(14-4-6-16(21)7-5-14)11-18(22)19(17)23-12-24-20/h4-7,10-12H,8-9,13H2,1-3H3. The Morgan fingerprint density at radius 2 is 1.78 bits per heavy atom. The molecule has 0 amide bonds. The topological polar surface area (TPSA) is 44.2 Å². The molecule has 0 aliphatic carbocycles. The summed E-state index contributed by atoms with van der Waals surface area (Å²) in [5.74, 6) is 0.243. The first-order chi connectivity index (χ1) is 12.8. The fourth-order valence-corrected chi connectivity index (χ4v) is 4.08. The number of hydrogen-bond donors (Lipinski definition) is 0. The van der Waals surface area contributed by atoms with Gasteiger partial charge in [-0.05, 0) is 64.0 Å². The third kappa shape index (κ3) is 5.46. The first kappa shape index (κ1) is 20.2. The Labute approximate surface area is 173 Å². The van der Waals surface area contributed by atoms with E-state index in [-0.39, 0.29) is 12.6 Å². The van der Waals surface area contributed by atoms with Gasteiger partial charge >= 0.3 is 0 Å². The van der Waals surface area contributed by atoms with Crippen molar-refractivity contribution in [3.8, 4) is 17.0 Å². The summed E-state index contributed by atoms with van der Waals surface area (Å²) in [6, 6.07) is 11.5. The minimum atomic E-state index is -1.12. The first-order valence-electron chi connectivity index (χ1n) is 8.74. The number of halogens is 2. The van der Waals surface area contributed by atoms with E-state index >= 15 is 0 Å². The van der Waals surface area contributed by atoms with Crippen LogP contribution in [0.2, 0.25) is 25.7 Å². The molecule has 0 aliphatic heterocycles. The lowest BCUT2D eigenvalue weighted by Crippen LogP contribution is -2.22. The SMILES string of the molecule is C[Si](C)(C)CCOCOc1ncnc2c(I)cc(-c3ccc(F)cc3)cc12. The molecular weight excluding hydrogens is 474 g/mol. The van der Waals surface area contributed by atoms with Crippen molar-refractivity contribution in [1.82, 2.24) is 9.97 Å². The van der Waals surface area contributed by atoms with Crippen molar-refractivity contribution in [1.29, 1.82) is 0 Å². The molecule has 1 aromatic heterocycles. The Bertz CT molecular complexity index is 930. The second kappa shape index (κ2) is 8.62. The van der Waals surface area contributed by atoms with Gasteiger partial charge in [0.05, 0.1) is 10.9 Å². The molecule has 0 spiro atoms. The maximum atomic E-state index is 13.2. The van der Waals surface area contributed by atoms with Gasteiger partial charge in [0.2, 0.25) is 5.88 Å². The number of fused-ring (bicyclic) bond motifs is 1. The normalized spacial score (nSPS) is 11.7. The molecule has 0 radical (unpaired) electrons. The molecule has 4 nitrogen and oxygen atoms in total. The zero-order chi connectivity index (χ0) is 19.4. The molecule has 0 atom stereocenters. The van der Waals surface area contributed by atoms with Gasteiger partial charge in [0, 0.05) is 18.3 Å². The molecule has 0 fully saturated rings. The van der Waals surface area contributed by atoms with Crippen molar-refractivity contribution in [3.05, 3.63) is 52.1 Å². The van der Waals surface area contributed by atoms with Crippen LogP contribution in [0.25, 0.3) is 22.0 Å². The summed E-state index contributed by atoms with van der Waals surface area (Å²) in [5.41, 5.74) is 2.72. The number of benzene rings is 2. The summed E-state index contributed by atoms with van der Waals surface area (Å²) in [6.07, 6.45) is 1.50. The molecule has 0 saturated heterocycles. The van der Waals surface area contributed by atoms with E-state index in [2.05, 4.69) is 52.2 Å². The maximum Gasteiger partial charge on any atom is 0.226 e. The van der Waals surface area contributed by atoms with Crippen molar-refractivity contribution in [2.75, 3.05) is 13.4 Å². The highest BCUT2D eigenvalue weighted by Crippen LogP contribution is 2.31. The van der Waals surface area contributed by atoms with Gasteiger partial charge in [-0.1, -0.05) is 31.8 Å². The van der Waals surface area contributed by atoms with Crippen LogP contribution in [-0.2, 0) is 4.74 Å². The maximum absolute atomic E-state index is 13.2. The Morgan fingerprint density at radius 3 is 2.48 bits per heavy atom. The van der Waals surface area contributed by atoms with Gasteiger partial charge in [0.15, 0.2) is 6.79 Å². The van der Waals surface area contributed by atoms with Gasteiger partial charge in [-0.25, -0.2) is 14.4 Å². The lowest BCUT2D eigenvalue weighted by molar-refractivity contribution is 0.0203. The molecule has 0 aliphatic rings. The zero-order valence-electron chi connectivity index (χ0n) is 15.6. The van der Waals surface area contributed by atoms with Crippen LogP contribution >= 0.6 is 22.6 Å². The van der Waals surface area contributed by atoms with Crippen molar-refractivity contribution in [2.24, 2.45) is 0 Å². The average molecular weight is 496 g/mol. The Morgan fingerprint density at radius 1 is 1.04 bits per heavy atom. The largest absolute Gasteiger partial charge is 0.450 e. The molecule has 0 bridgehead atoms. The molecule has 3 aromatic rings. The second-order valence-electron chi connectivity index (χ2n) is 7.52. The molecule has 1 heterocycles. The van der Waals surface area contributed by atoms with Gasteiger partial charge in [0.1, 0.15) is 12.1 Å². The number of ether oxygens (including phenoxy) is 2. The van der Waals surface area contributed by atoms with Crippen LogP contribution in [0.1, 0.15) is 0 Å². The number of aromatic nitrogens is 2. The number of nitrogens with zero attached hydrogens (tertiary/aromatic N) is 2. The minimum absolute atomic E-state index is 0.161. The Hall–Kier alpha value is -1.58. The monoisotopic (exact) mass is 496 g/mol. The summed E-state index contributed by atoms with van der Waals surface area (Å²) < 4.78 is 25.6. The third-order valence-corrected chi connectivity index (χ3v) is 6.64. The summed E-state index contributed by atoms with van der Waals surface area (Å²) in [6.45, 7) is 7.79. The van der Waals surface area contributed by atoms with Crippen molar-refractivity contribution in [2.45, 2.75) is 25.7 Å². The number of hydrogen-bond acceptors (Lipinski definition) is 4. The van der Waals surface area contributed by atoms with E-state index in [1.165, 1.54) is 18.5 Å². The molecule has 0 saturated carbocycles. The van der Waals surface area contributed by atoms with Gasteiger partial charge in [-0.3, -0.25) is 0 Å². The zero-order valence-corrected chi connectivity index (χ0v) is 18.8. The molecule has 3 rings (SSSR count). The lowest BCUT2D eigenvalue weighted by Gasteiger charge is -2.15. The smallest absolute Gasteiger partial charge is 0.226 e. The number of rotatable bonds is 7. The van der Waals surface area contributed by atoms with Crippen molar-refractivity contribution in [3.63, 3.8) is 0 Å². The highest BCUT2D eigenvalue weighted by molar-refractivity contribution is 14.1. The van der Waals surface area contributed by atoms with Crippen molar-refractivity contribution >= 4 is 41.6 Å². The molecule has 0 unspecified atom stereocenters. The molecule has 27 heavy (non-hydrogen) atoms. The fourth-order valence-electron chi connectivity index (χ4n) is 2.56. The summed E-state index contributed by atoms with van der Waals surface area (Å²) in [4.78, 5) is 8.65. The van der Waals surface area contributed by atoms with E-state index in [9.17, 15) is 4.39 Å². The Balaban J connectivity index is 1.82. The van der Waals surface area contributed by atoms with Gasteiger partial charge in [-0.2, -0.15) is 0 Å². The molecule has 7 heteroatoms. The summed E-state index contributed by atoms with van der Waals surface area (Å²) >= 11 is 2.25. The Kier molecular flexibility index (Phi) is 6.43. The van der Waals surface area contributed by atoms with Gasteiger partial charge in [-0.15, -0.1) is 0 Å². The minimum Gasteiger partial charge on any atom is -0.450 e. The van der Waals surface area contributed by atoms with E-state index < -0.39 is 8.07 Å². The van der Waals surface area contributed by atoms with Crippen LogP contribution in [0.4, 0.5) is 4.39 Å². The van der Waals surface area contributed by atoms with Gasteiger partial charge in [0.25, 0.3) is 0 Å². The molecule has 0 N–H and O–H groups in total. The predicted octanol–water partition coefficient (Wildman–Crippen LogP) is 5.73.